The van der Waals surface area contributed by atoms with E-state index in [-0.39, 0.29) is 17.2 Å². The molecule has 1 heterocycles. The minimum atomic E-state index is -0.366. The fraction of sp³-hybridized carbons (Fsp3) is 0.0444. The van der Waals surface area contributed by atoms with Crippen LogP contribution in [0.15, 0.2) is 146 Å². The standard InChI is InChI=1S/C45H35N3O2/c1-29-7-20-35(21-8-29)48(36-22-9-30(2)10-23-36)37-24-15-32(16-25-37)12-11-31-13-18-34(19-14-31)46-45(50)41-27-33-17-26-39-38-5-3-4-6-42(38)47-44(39)40(33)28-43(41)49/h3-28,47,49H,1-2H3,(H,46,50)/b12-11+. The third kappa shape index (κ3) is 5.97. The van der Waals surface area contributed by atoms with E-state index in [2.05, 4.69) is 126 Å². The molecule has 0 saturated carbocycles. The van der Waals surface area contributed by atoms with Crippen molar-refractivity contribution in [3.63, 3.8) is 0 Å². The van der Waals surface area contributed by atoms with Gasteiger partial charge < -0.3 is 20.3 Å². The molecule has 0 aliphatic carbocycles. The summed E-state index contributed by atoms with van der Waals surface area (Å²) < 4.78 is 0. The number of fused-ring (bicyclic) bond motifs is 5. The molecular formula is C45H35N3O2. The fourth-order valence-electron chi connectivity index (χ4n) is 6.50. The van der Waals surface area contributed by atoms with Crippen molar-refractivity contribution in [3.8, 4) is 5.75 Å². The van der Waals surface area contributed by atoms with Gasteiger partial charge in [0.15, 0.2) is 0 Å². The smallest absolute Gasteiger partial charge is 0.259 e. The van der Waals surface area contributed by atoms with Gasteiger partial charge in [0.05, 0.1) is 11.1 Å². The number of phenols is 1. The van der Waals surface area contributed by atoms with Gasteiger partial charge in [-0.2, -0.15) is 0 Å². The molecule has 8 rings (SSSR count). The molecule has 5 nitrogen and oxygen atoms in total. The second kappa shape index (κ2) is 12.8. The summed E-state index contributed by atoms with van der Waals surface area (Å²) in [4.78, 5) is 19.0. The fourth-order valence-corrected chi connectivity index (χ4v) is 6.50. The molecule has 7 aromatic carbocycles. The third-order valence-corrected chi connectivity index (χ3v) is 9.23. The van der Waals surface area contributed by atoms with Crippen molar-refractivity contribution in [1.82, 2.24) is 4.98 Å². The van der Waals surface area contributed by atoms with E-state index in [1.165, 1.54) is 11.1 Å². The summed E-state index contributed by atoms with van der Waals surface area (Å²) in [6.07, 6.45) is 4.13. The average molecular weight is 650 g/mol. The molecule has 0 bridgehead atoms. The number of rotatable bonds is 7. The SMILES string of the molecule is Cc1ccc(N(c2ccc(C)cc2)c2ccc(/C=C/c3ccc(NC(=O)c4cc5ccc6c7ccccc7[nH]c6c5cc4O)cc3)cc2)cc1. The number of hydrogen-bond donors (Lipinski definition) is 3. The van der Waals surface area contributed by atoms with Gasteiger partial charge in [-0.25, -0.2) is 0 Å². The van der Waals surface area contributed by atoms with Crippen LogP contribution in [0.3, 0.4) is 0 Å². The largest absolute Gasteiger partial charge is 0.507 e. The van der Waals surface area contributed by atoms with E-state index in [1.807, 2.05) is 48.5 Å². The van der Waals surface area contributed by atoms with Gasteiger partial charge in [0.2, 0.25) is 0 Å². The van der Waals surface area contributed by atoms with Gasteiger partial charge in [-0.1, -0.05) is 102 Å². The highest BCUT2D eigenvalue weighted by atomic mass is 16.3. The Morgan fingerprint density at radius 2 is 1.18 bits per heavy atom. The maximum atomic E-state index is 13.3. The lowest BCUT2D eigenvalue weighted by atomic mass is 10.0. The van der Waals surface area contributed by atoms with Crippen LogP contribution >= 0.6 is 0 Å². The van der Waals surface area contributed by atoms with E-state index in [0.29, 0.717) is 5.69 Å². The van der Waals surface area contributed by atoms with E-state index in [4.69, 9.17) is 0 Å². The zero-order chi connectivity index (χ0) is 34.2. The van der Waals surface area contributed by atoms with Crippen LogP contribution in [0.5, 0.6) is 5.75 Å². The number of aromatic nitrogens is 1. The molecule has 3 N–H and O–H groups in total. The Morgan fingerprint density at radius 3 is 1.80 bits per heavy atom. The highest BCUT2D eigenvalue weighted by Crippen LogP contribution is 2.36. The lowest BCUT2D eigenvalue weighted by Gasteiger charge is -2.25. The topological polar surface area (TPSA) is 68.4 Å². The number of nitrogens with zero attached hydrogens (tertiary/aromatic N) is 1. The molecule has 242 valence electrons. The van der Waals surface area contributed by atoms with Crippen molar-refractivity contribution in [2.24, 2.45) is 0 Å². The molecule has 1 amide bonds. The quantitative estimate of drug-likeness (QED) is 0.151. The van der Waals surface area contributed by atoms with Crippen LogP contribution in [-0.4, -0.2) is 16.0 Å². The number of carbonyl (C=O) groups is 1. The number of H-pyrrole nitrogens is 1. The molecular weight excluding hydrogens is 615 g/mol. The molecule has 0 spiro atoms. The van der Waals surface area contributed by atoms with E-state index < -0.39 is 0 Å². The van der Waals surface area contributed by atoms with Crippen LogP contribution in [-0.2, 0) is 0 Å². The summed E-state index contributed by atoms with van der Waals surface area (Å²) in [7, 11) is 0. The second-order valence-corrected chi connectivity index (χ2v) is 12.8. The van der Waals surface area contributed by atoms with Crippen LogP contribution in [0.2, 0.25) is 0 Å². The van der Waals surface area contributed by atoms with E-state index in [0.717, 1.165) is 60.8 Å². The van der Waals surface area contributed by atoms with Crippen molar-refractivity contribution in [2.45, 2.75) is 13.8 Å². The molecule has 0 radical (unpaired) electrons. The Kier molecular flexibility index (Phi) is 7.86. The number of aromatic hydroxyl groups is 1. The molecule has 0 aliphatic heterocycles. The number of anilines is 4. The van der Waals surface area contributed by atoms with E-state index in [1.54, 1.807) is 12.1 Å². The molecule has 0 unspecified atom stereocenters. The van der Waals surface area contributed by atoms with Crippen LogP contribution in [0.4, 0.5) is 22.7 Å². The van der Waals surface area contributed by atoms with E-state index >= 15 is 0 Å². The molecule has 0 saturated heterocycles. The van der Waals surface area contributed by atoms with Crippen LogP contribution in [0.1, 0.15) is 32.6 Å². The first-order valence-corrected chi connectivity index (χ1v) is 16.7. The van der Waals surface area contributed by atoms with Crippen molar-refractivity contribution in [1.29, 1.82) is 0 Å². The number of carbonyl (C=O) groups excluding carboxylic acids is 1. The summed E-state index contributed by atoms with van der Waals surface area (Å²) >= 11 is 0. The third-order valence-electron chi connectivity index (χ3n) is 9.23. The number of hydrogen-bond acceptors (Lipinski definition) is 3. The van der Waals surface area contributed by atoms with Crippen molar-refractivity contribution < 1.29 is 9.90 Å². The first-order valence-electron chi connectivity index (χ1n) is 16.7. The molecule has 0 fully saturated rings. The minimum absolute atomic E-state index is 0.0624. The summed E-state index contributed by atoms with van der Waals surface area (Å²) in [5.41, 5.74) is 10.7. The summed E-state index contributed by atoms with van der Waals surface area (Å²) in [5, 5.41) is 17.8. The number of amides is 1. The molecule has 8 aromatic rings. The monoisotopic (exact) mass is 649 g/mol. The van der Waals surface area contributed by atoms with E-state index in [9.17, 15) is 9.90 Å². The number of para-hydroxylation sites is 1. The Hall–Kier alpha value is -6.59. The Morgan fingerprint density at radius 1 is 0.620 bits per heavy atom. The Labute approximate surface area is 290 Å². The summed E-state index contributed by atoms with van der Waals surface area (Å²) in [5.74, 6) is -0.428. The zero-order valence-corrected chi connectivity index (χ0v) is 27.8. The summed E-state index contributed by atoms with van der Waals surface area (Å²) in [6.45, 7) is 4.20. The average Bonchev–Trinajstić information content (AvgIpc) is 3.53. The van der Waals surface area contributed by atoms with Crippen molar-refractivity contribution in [2.75, 3.05) is 10.2 Å². The van der Waals surface area contributed by atoms with Gasteiger partial charge in [0.25, 0.3) is 5.91 Å². The maximum absolute atomic E-state index is 13.3. The van der Waals surface area contributed by atoms with Gasteiger partial charge >= 0.3 is 0 Å². The minimum Gasteiger partial charge on any atom is -0.507 e. The molecule has 0 atom stereocenters. The first-order chi connectivity index (χ1) is 24.4. The Bertz CT molecular complexity index is 2480. The predicted octanol–water partition coefficient (Wildman–Crippen LogP) is 11.7. The van der Waals surface area contributed by atoms with Crippen molar-refractivity contribution >= 4 is 73.4 Å². The molecule has 50 heavy (non-hydrogen) atoms. The molecule has 1 aromatic heterocycles. The normalized spacial score (nSPS) is 11.5. The van der Waals surface area contributed by atoms with Gasteiger partial charge in [0, 0.05) is 44.4 Å². The Balaban J connectivity index is 0.970. The highest BCUT2D eigenvalue weighted by Gasteiger charge is 2.16. The second-order valence-electron chi connectivity index (χ2n) is 12.8. The lowest BCUT2D eigenvalue weighted by molar-refractivity contribution is 0.102. The van der Waals surface area contributed by atoms with Gasteiger partial charge in [-0.3, -0.25) is 4.79 Å². The van der Waals surface area contributed by atoms with Crippen LogP contribution in [0, 0.1) is 13.8 Å². The number of nitrogens with one attached hydrogen (secondary N) is 2. The first kappa shape index (κ1) is 30.7. The highest BCUT2D eigenvalue weighted by molar-refractivity contribution is 6.18. The summed E-state index contributed by atoms with van der Waals surface area (Å²) in [6, 6.07) is 48.9. The maximum Gasteiger partial charge on any atom is 0.259 e. The van der Waals surface area contributed by atoms with Gasteiger partial charge in [-0.05, 0) is 97.1 Å². The number of aryl methyl sites for hydroxylation is 2. The predicted molar refractivity (Wildman–Crippen MR) is 209 cm³/mol. The van der Waals surface area contributed by atoms with Gasteiger partial charge in [0.1, 0.15) is 5.75 Å². The van der Waals surface area contributed by atoms with Crippen molar-refractivity contribution in [3.05, 3.63) is 173 Å². The molecule has 0 aliphatic rings. The van der Waals surface area contributed by atoms with Crippen LogP contribution in [0.25, 0.3) is 44.7 Å². The molecule has 5 heteroatoms. The number of phenolic OH excluding ortho intramolecular Hbond substituents is 1. The van der Waals surface area contributed by atoms with Crippen LogP contribution < -0.4 is 10.2 Å². The zero-order valence-electron chi connectivity index (χ0n) is 27.8. The lowest BCUT2D eigenvalue weighted by Crippen LogP contribution is -2.12. The number of benzene rings is 7. The van der Waals surface area contributed by atoms with Gasteiger partial charge in [-0.15, -0.1) is 0 Å². The number of aromatic amines is 1.